The summed E-state index contributed by atoms with van der Waals surface area (Å²) in [6.07, 6.45) is 12.3. The molecule has 2 aliphatic rings. The predicted molar refractivity (Wildman–Crippen MR) is 147 cm³/mol. The standard InChI is InChI=1S/C30H38N4/c1-7-17-33(18-8-1)21-15-31-23-29-25-11-3-5-13-27(25)30(28-14-6-4-12-26(28)29)24-32-16-22-34-19-9-2-10-20-34/h3-6,11-14,23-24H,1-2,7-10,15-22H2. The maximum atomic E-state index is 4.89. The van der Waals surface area contributed by atoms with Crippen molar-refractivity contribution in [1.29, 1.82) is 0 Å². The van der Waals surface area contributed by atoms with Crippen molar-refractivity contribution in [3.63, 3.8) is 0 Å². The van der Waals surface area contributed by atoms with Gasteiger partial charge in [0.05, 0.1) is 13.1 Å². The predicted octanol–water partition coefficient (Wildman–Crippen LogP) is 5.80. The van der Waals surface area contributed by atoms with Crippen molar-refractivity contribution >= 4 is 34.0 Å². The summed E-state index contributed by atoms with van der Waals surface area (Å²) in [6, 6.07) is 17.5. The fraction of sp³-hybridized carbons (Fsp3) is 0.467. The summed E-state index contributed by atoms with van der Waals surface area (Å²) in [5, 5.41) is 5.06. The Morgan fingerprint density at radius 2 is 0.882 bits per heavy atom. The molecular formula is C30H38N4. The highest BCUT2D eigenvalue weighted by Crippen LogP contribution is 2.31. The van der Waals surface area contributed by atoms with Gasteiger partial charge >= 0.3 is 0 Å². The molecule has 5 rings (SSSR count). The van der Waals surface area contributed by atoms with Crippen molar-refractivity contribution in [3.05, 3.63) is 59.7 Å². The Balaban J connectivity index is 1.39. The van der Waals surface area contributed by atoms with Crippen LogP contribution in [0.5, 0.6) is 0 Å². The molecule has 0 saturated carbocycles. The number of piperidine rings is 2. The van der Waals surface area contributed by atoms with Crippen LogP contribution in [-0.2, 0) is 0 Å². The van der Waals surface area contributed by atoms with Crippen molar-refractivity contribution in [2.45, 2.75) is 38.5 Å². The van der Waals surface area contributed by atoms with Crippen LogP contribution in [0.3, 0.4) is 0 Å². The van der Waals surface area contributed by atoms with Gasteiger partial charge in [-0.15, -0.1) is 0 Å². The highest BCUT2D eigenvalue weighted by Gasteiger charge is 2.13. The Kier molecular flexibility index (Phi) is 8.00. The van der Waals surface area contributed by atoms with Gasteiger partial charge in [-0.25, -0.2) is 0 Å². The number of aliphatic imine (C=N–C) groups is 2. The van der Waals surface area contributed by atoms with Gasteiger partial charge in [0.1, 0.15) is 0 Å². The number of nitrogens with zero attached hydrogens (tertiary/aromatic N) is 4. The molecule has 178 valence electrons. The highest BCUT2D eigenvalue weighted by atomic mass is 15.1. The van der Waals surface area contributed by atoms with Gasteiger partial charge < -0.3 is 9.80 Å². The van der Waals surface area contributed by atoms with Crippen LogP contribution in [0.25, 0.3) is 21.5 Å². The first kappa shape index (κ1) is 23.2. The maximum Gasteiger partial charge on any atom is 0.0517 e. The molecule has 0 aliphatic carbocycles. The summed E-state index contributed by atoms with van der Waals surface area (Å²) < 4.78 is 0. The van der Waals surface area contributed by atoms with E-state index < -0.39 is 0 Å². The lowest BCUT2D eigenvalue weighted by molar-refractivity contribution is 0.235. The molecular weight excluding hydrogens is 416 g/mol. The Morgan fingerprint density at radius 1 is 0.529 bits per heavy atom. The molecule has 3 aromatic rings. The lowest BCUT2D eigenvalue weighted by Crippen LogP contribution is -2.31. The summed E-state index contributed by atoms with van der Waals surface area (Å²) in [6.45, 7) is 8.77. The molecule has 34 heavy (non-hydrogen) atoms. The normalized spacial score (nSPS) is 18.6. The molecule has 0 amide bonds. The van der Waals surface area contributed by atoms with Gasteiger partial charge in [0, 0.05) is 36.6 Å². The van der Waals surface area contributed by atoms with Crippen molar-refractivity contribution in [2.75, 3.05) is 52.4 Å². The summed E-state index contributed by atoms with van der Waals surface area (Å²) in [7, 11) is 0. The van der Waals surface area contributed by atoms with Crippen LogP contribution in [0, 0.1) is 0 Å². The maximum absolute atomic E-state index is 4.89. The van der Waals surface area contributed by atoms with Gasteiger partial charge in [-0.3, -0.25) is 9.98 Å². The monoisotopic (exact) mass is 454 g/mol. The van der Waals surface area contributed by atoms with E-state index in [0.717, 1.165) is 26.2 Å². The smallest absolute Gasteiger partial charge is 0.0517 e. The first-order valence-electron chi connectivity index (χ1n) is 13.3. The average Bonchev–Trinajstić information content (AvgIpc) is 2.90. The minimum absolute atomic E-state index is 0.863. The van der Waals surface area contributed by atoms with Gasteiger partial charge in [0.2, 0.25) is 0 Å². The first-order chi connectivity index (χ1) is 16.9. The van der Waals surface area contributed by atoms with Crippen LogP contribution in [0.15, 0.2) is 58.5 Å². The van der Waals surface area contributed by atoms with Gasteiger partial charge in [-0.1, -0.05) is 61.4 Å². The zero-order valence-electron chi connectivity index (χ0n) is 20.5. The van der Waals surface area contributed by atoms with Crippen LogP contribution in [0.4, 0.5) is 0 Å². The third kappa shape index (κ3) is 5.56. The fourth-order valence-electron chi connectivity index (χ4n) is 5.55. The SMILES string of the molecule is C(=NCCN1CCCCC1)c1c2ccccc2c(C=NCCN2CCCCC2)c2ccccc12. The van der Waals surface area contributed by atoms with Gasteiger partial charge in [-0.05, 0) is 73.4 Å². The average molecular weight is 455 g/mol. The number of benzene rings is 3. The molecule has 2 heterocycles. The van der Waals surface area contributed by atoms with E-state index in [1.54, 1.807) is 0 Å². The molecule has 3 aromatic carbocycles. The third-order valence-corrected chi connectivity index (χ3v) is 7.44. The first-order valence-corrected chi connectivity index (χ1v) is 13.3. The molecule has 0 atom stereocenters. The fourth-order valence-corrected chi connectivity index (χ4v) is 5.55. The van der Waals surface area contributed by atoms with E-state index in [2.05, 4.69) is 70.8 Å². The lowest BCUT2D eigenvalue weighted by atomic mass is 9.92. The van der Waals surface area contributed by atoms with E-state index in [1.807, 2.05) is 0 Å². The second-order valence-corrected chi connectivity index (χ2v) is 9.79. The van der Waals surface area contributed by atoms with Crippen LogP contribution in [0.1, 0.15) is 49.7 Å². The Labute approximate surface area is 204 Å². The number of fused-ring (bicyclic) bond motifs is 2. The minimum Gasteiger partial charge on any atom is -0.301 e. The van der Waals surface area contributed by atoms with E-state index in [-0.39, 0.29) is 0 Å². The molecule has 0 aromatic heterocycles. The van der Waals surface area contributed by atoms with Crippen LogP contribution >= 0.6 is 0 Å². The third-order valence-electron chi connectivity index (χ3n) is 7.44. The molecule has 2 aliphatic heterocycles. The Hall–Kier alpha value is -2.56. The molecule has 0 N–H and O–H groups in total. The van der Waals surface area contributed by atoms with Crippen molar-refractivity contribution in [3.8, 4) is 0 Å². The molecule has 4 heteroatoms. The van der Waals surface area contributed by atoms with E-state index >= 15 is 0 Å². The van der Waals surface area contributed by atoms with Crippen molar-refractivity contribution in [1.82, 2.24) is 9.80 Å². The summed E-state index contributed by atoms with van der Waals surface area (Å²) in [4.78, 5) is 14.9. The lowest BCUT2D eigenvalue weighted by Gasteiger charge is -2.25. The molecule has 4 nitrogen and oxygen atoms in total. The summed E-state index contributed by atoms with van der Waals surface area (Å²) >= 11 is 0. The van der Waals surface area contributed by atoms with Gasteiger partial charge in [-0.2, -0.15) is 0 Å². The van der Waals surface area contributed by atoms with Crippen LogP contribution in [-0.4, -0.2) is 74.6 Å². The molecule has 0 radical (unpaired) electrons. The van der Waals surface area contributed by atoms with E-state index in [0.29, 0.717) is 0 Å². The summed E-state index contributed by atoms with van der Waals surface area (Å²) in [5.74, 6) is 0. The van der Waals surface area contributed by atoms with E-state index in [1.165, 1.54) is 97.4 Å². The largest absolute Gasteiger partial charge is 0.301 e. The number of likely N-dealkylation sites (tertiary alicyclic amines) is 2. The second-order valence-electron chi connectivity index (χ2n) is 9.79. The van der Waals surface area contributed by atoms with Crippen molar-refractivity contribution < 1.29 is 0 Å². The van der Waals surface area contributed by atoms with Crippen LogP contribution in [0.2, 0.25) is 0 Å². The molecule has 2 saturated heterocycles. The highest BCUT2D eigenvalue weighted by molar-refractivity contribution is 6.21. The van der Waals surface area contributed by atoms with Crippen LogP contribution < -0.4 is 0 Å². The van der Waals surface area contributed by atoms with Gasteiger partial charge in [0.15, 0.2) is 0 Å². The number of hydrogen-bond donors (Lipinski definition) is 0. The zero-order chi connectivity index (χ0) is 23.0. The zero-order valence-corrected chi connectivity index (χ0v) is 20.5. The summed E-state index contributed by atoms with van der Waals surface area (Å²) in [5.41, 5.74) is 2.46. The van der Waals surface area contributed by atoms with Crippen molar-refractivity contribution in [2.24, 2.45) is 9.98 Å². The number of hydrogen-bond acceptors (Lipinski definition) is 4. The van der Waals surface area contributed by atoms with Gasteiger partial charge in [0.25, 0.3) is 0 Å². The number of rotatable bonds is 8. The topological polar surface area (TPSA) is 31.2 Å². The second kappa shape index (κ2) is 11.7. The Morgan fingerprint density at radius 3 is 1.24 bits per heavy atom. The Bertz CT molecular complexity index is 990. The van der Waals surface area contributed by atoms with E-state index in [4.69, 9.17) is 9.98 Å². The molecule has 0 bridgehead atoms. The quantitative estimate of drug-likeness (QED) is 0.318. The molecule has 2 fully saturated rings. The minimum atomic E-state index is 0.863. The molecule has 0 unspecified atom stereocenters. The molecule has 0 spiro atoms. The van der Waals surface area contributed by atoms with E-state index in [9.17, 15) is 0 Å².